The number of hydrogen-bond donors (Lipinski definition) is 1. The molecule has 1 nitrogen and oxygen atoms in total. The molecule has 1 aromatic carbocycles. The quantitative estimate of drug-likeness (QED) is 0.878. The lowest BCUT2D eigenvalue weighted by molar-refractivity contribution is 0.594. The van der Waals surface area contributed by atoms with Crippen LogP contribution < -0.4 is 5.73 Å². The Labute approximate surface area is 105 Å². The fourth-order valence-corrected chi connectivity index (χ4v) is 2.96. The van der Waals surface area contributed by atoms with Gasteiger partial charge in [0.1, 0.15) is 5.82 Å². The SMILES string of the molecule is CCc1ccsc1C(N)Cc1ccccc1F. The molecule has 90 valence electrons. The van der Waals surface area contributed by atoms with Crippen molar-refractivity contribution in [2.75, 3.05) is 0 Å². The summed E-state index contributed by atoms with van der Waals surface area (Å²) in [5, 5.41) is 2.05. The van der Waals surface area contributed by atoms with Crippen LogP contribution in [0.2, 0.25) is 0 Å². The molecule has 0 bridgehead atoms. The van der Waals surface area contributed by atoms with Gasteiger partial charge in [-0.25, -0.2) is 4.39 Å². The molecule has 1 atom stereocenters. The van der Waals surface area contributed by atoms with Gasteiger partial charge in [0, 0.05) is 10.9 Å². The molecule has 2 rings (SSSR count). The molecule has 0 radical (unpaired) electrons. The third-order valence-electron chi connectivity index (χ3n) is 2.90. The smallest absolute Gasteiger partial charge is 0.126 e. The topological polar surface area (TPSA) is 26.0 Å². The first-order valence-electron chi connectivity index (χ1n) is 5.77. The predicted octanol–water partition coefficient (Wildman–Crippen LogP) is 3.69. The van der Waals surface area contributed by atoms with E-state index >= 15 is 0 Å². The lowest BCUT2D eigenvalue weighted by atomic mass is 10.0. The summed E-state index contributed by atoms with van der Waals surface area (Å²) < 4.78 is 13.5. The van der Waals surface area contributed by atoms with Gasteiger partial charge in [-0.15, -0.1) is 11.3 Å². The van der Waals surface area contributed by atoms with Crippen molar-refractivity contribution >= 4 is 11.3 Å². The minimum Gasteiger partial charge on any atom is -0.323 e. The van der Waals surface area contributed by atoms with Crippen LogP contribution in [-0.2, 0) is 12.8 Å². The highest BCUT2D eigenvalue weighted by atomic mass is 32.1. The van der Waals surface area contributed by atoms with Crippen molar-refractivity contribution in [1.82, 2.24) is 0 Å². The van der Waals surface area contributed by atoms with Gasteiger partial charge in [0.25, 0.3) is 0 Å². The van der Waals surface area contributed by atoms with Crippen LogP contribution in [-0.4, -0.2) is 0 Å². The Bertz CT molecular complexity index is 492. The molecule has 0 spiro atoms. The average molecular weight is 249 g/mol. The van der Waals surface area contributed by atoms with Gasteiger partial charge >= 0.3 is 0 Å². The standard InChI is InChI=1S/C14H16FNS/c1-2-10-7-8-17-14(10)13(16)9-11-5-3-4-6-12(11)15/h3-8,13H,2,9,16H2,1H3. The van der Waals surface area contributed by atoms with Crippen LogP contribution in [0.1, 0.15) is 29.0 Å². The monoisotopic (exact) mass is 249 g/mol. The van der Waals surface area contributed by atoms with Crippen LogP contribution >= 0.6 is 11.3 Å². The first kappa shape index (κ1) is 12.3. The molecule has 1 aromatic heterocycles. The molecule has 0 aliphatic heterocycles. The molecule has 1 unspecified atom stereocenters. The molecule has 1 heterocycles. The zero-order chi connectivity index (χ0) is 12.3. The maximum atomic E-state index is 13.5. The van der Waals surface area contributed by atoms with Crippen LogP contribution in [0.25, 0.3) is 0 Å². The normalized spacial score (nSPS) is 12.6. The van der Waals surface area contributed by atoms with Crippen LogP contribution in [0.4, 0.5) is 4.39 Å². The molecule has 0 aliphatic carbocycles. The summed E-state index contributed by atoms with van der Waals surface area (Å²) in [4.78, 5) is 1.18. The largest absolute Gasteiger partial charge is 0.323 e. The summed E-state index contributed by atoms with van der Waals surface area (Å²) in [6, 6.07) is 8.82. The Morgan fingerprint density at radius 1 is 1.24 bits per heavy atom. The Hall–Kier alpha value is -1.19. The van der Waals surface area contributed by atoms with E-state index in [1.54, 1.807) is 23.5 Å². The fourth-order valence-electron chi connectivity index (χ4n) is 1.96. The van der Waals surface area contributed by atoms with Gasteiger partial charge in [-0.2, -0.15) is 0 Å². The van der Waals surface area contributed by atoms with Gasteiger partial charge in [-0.3, -0.25) is 0 Å². The molecule has 0 saturated heterocycles. The average Bonchev–Trinajstić information content (AvgIpc) is 2.80. The van der Waals surface area contributed by atoms with Crippen molar-refractivity contribution in [2.45, 2.75) is 25.8 Å². The minimum absolute atomic E-state index is 0.109. The maximum Gasteiger partial charge on any atom is 0.126 e. The van der Waals surface area contributed by atoms with Gasteiger partial charge in [0.2, 0.25) is 0 Å². The molecule has 2 aromatic rings. The van der Waals surface area contributed by atoms with E-state index in [-0.39, 0.29) is 11.9 Å². The Morgan fingerprint density at radius 3 is 2.71 bits per heavy atom. The Balaban J connectivity index is 2.17. The zero-order valence-corrected chi connectivity index (χ0v) is 10.6. The second kappa shape index (κ2) is 5.43. The van der Waals surface area contributed by atoms with Gasteiger partial charge in [-0.1, -0.05) is 25.1 Å². The Kier molecular flexibility index (Phi) is 3.92. The van der Waals surface area contributed by atoms with Gasteiger partial charge < -0.3 is 5.73 Å². The van der Waals surface area contributed by atoms with Crippen molar-refractivity contribution < 1.29 is 4.39 Å². The molecule has 17 heavy (non-hydrogen) atoms. The highest BCUT2D eigenvalue weighted by Crippen LogP contribution is 2.26. The summed E-state index contributed by atoms with van der Waals surface area (Å²) in [6.07, 6.45) is 1.53. The molecule has 0 fully saturated rings. The fraction of sp³-hybridized carbons (Fsp3) is 0.286. The van der Waals surface area contributed by atoms with E-state index < -0.39 is 0 Å². The molecule has 0 saturated carbocycles. The Morgan fingerprint density at radius 2 is 2.00 bits per heavy atom. The number of halogens is 1. The molecule has 0 aliphatic rings. The maximum absolute atomic E-state index is 13.5. The molecule has 2 N–H and O–H groups in total. The first-order valence-corrected chi connectivity index (χ1v) is 6.65. The lowest BCUT2D eigenvalue weighted by Crippen LogP contribution is -2.14. The van der Waals surface area contributed by atoms with Gasteiger partial charge in [0.05, 0.1) is 0 Å². The van der Waals surface area contributed by atoms with Crippen LogP contribution in [0.3, 0.4) is 0 Å². The number of nitrogens with two attached hydrogens (primary N) is 1. The second-order valence-corrected chi connectivity index (χ2v) is 5.01. The molecule has 0 amide bonds. The van der Waals surface area contributed by atoms with Crippen LogP contribution in [0.5, 0.6) is 0 Å². The number of rotatable bonds is 4. The second-order valence-electron chi connectivity index (χ2n) is 4.07. The predicted molar refractivity (Wildman–Crippen MR) is 70.7 cm³/mol. The summed E-state index contributed by atoms with van der Waals surface area (Å²) in [6.45, 7) is 2.11. The minimum atomic E-state index is -0.169. The van der Waals surface area contributed by atoms with Gasteiger partial charge in [-0.05, 0) is 41.5 Å². The summed E-state index contributed by atoms with van der Waals surface area (Å²) in [7, 11) is 0. The van der Waals surface area contributed by atoms with E-state index in [0.29, 0.717) is 12.0 Å². The van der Waals surface area contributed by atoms with E-state index in [1.165, 1.54) is 16.5 Å². The molecular formula is C14H16FNS. The molecular weight excluding hydrogens is 233 g/mol. The number of aryl methyl sites for hydroxylation is 1. The van der Waals surface area contributed by atoms with Crippen molar-refractivity contribution in [3.05, 3.63) is 57.5 Å². The van der Waals surface area contributed by atoms with E-state index in [4.69, 9.17) is 5.73 Å². The zero-order valence-electron chi connectivity index (χ0n) is 9.82. The molecule has 3 heteroatoms. The summed E-state index contributed by atoms with van der Waals surface area (Å²) in [5.41, 5.74) is 8.13. The number of benzene rings is 1. The van der Waals surface area contributed by atoms with E-state index in [0.717, 1.165) is 6.42 Å². The van der Waals surface area contributed by atoms with Crippen LogP contribution in [0, 0.1) is 5.82 Å². The highest BCUT2D eigenvalue weighted by molar-refractivity contribution is 7.10. The van der Waals surface area contributed by atoms with E-state index in [9.17, 15) is 4.39 Å². The van der Waals surface area contributed by atoms with E-state index in [1.807, 2.05) is 6.07 Å². The first-order chi connectivity index (χ1) is 8.22. The van der Waals surface area contributed by atoms with Crippen molar-refractivity contribution in [2.24, 2.45) is 5.73 Å². The van der Waals surface area contributed by atoms with Gasteiger partial charge in [0.15, 0.2) is 0 Å². The van der Waals surface area contributed by atoms with Crippen LogP contribution in [0.15, 0.2) is 35.7 Å². The summed E-state index contributed by atoms with van der Waals surface area (Å²) >= 11 is 1.66. The third-order valence-corrected chi connectivity index (χ3v) is 3.99. The van der Waals surface area contributed by atoms with E-state index in [2.05, 4.69) is 18.4 Å². The lowest BCUT2D eigenvalue weighted by Gasteiger charge is -2.12. The van der Waals surface area contributed by atoms with Crippen molar-refractivity contribution in [3.63, 3.8) is 0 Å². The third kappa shape index (κ3) is 2.73. The number of hydrogen-bond acceptors (Lipinski definition) is 2. The number of thiophene rings is 1. The highest BCUT2D eigenvalue weighted by Gasteiger charge is 2.14. The van der Waals surface area contributed by atoms with Crippen molar-refractivity contribution in [3.8, 4) is 0 Å². The summed E-state index contributed by atoms with van der Waals surface area (Å²) in [5.74, 6) is -0.169. The van der Waals surface area contributed by atoms with Crippen molar-refractivity contribution in [1.29, 1.82) is 0 Å².